The molecule has 3 aromatic heterocycles. The largest absolute Gasteiger partial charge is 0.509 e. The van der Waals surface area contributed by atoms with Crippen molar-refractivity contribution in [2.45, 2.75) is 80.1 Å². The molecule has 60 heavy (non-hydrogen) atoms. The number of anilines is 4. The van der Waals surface area contributed by atoms with Crippen molar-refractivity contribution in [1.29, 1.82) is 0 Å². The van der Waals surface area contributed by atoms with Gasteiger partial charge in [-0.15, -0.1) is 42.4 Å². The van der Waals surface area contributed by atoms with Crippen LogP contribution in [0, 0.1) is 46.5 Å². The zero-order chi connectivity index (χ0) is 41.4. The SMILES string of the molecule is Cc1cc(C(C)(C)C)cc(C)c1-c1cc(C)c(N2[CH-]N(c3[c-]c(Oc4[c-]c5c(cc4)c4ccccc4n5-c4cc(C(C)(C)C)ccn4)ccc3)c3ncccc32)c(C)c1.[Pt]. The Balaban J connectivity index is 0.00000499. The zero-order valence-electron chi connectivity index (χ0n) is 36.0. The van der Waals surface area contributed by atoms with Crippen LogP contribution in [0.4, 0.5) is 22.9 Å². The molecule has 9 rings (SSSR count). The van der Waals surface area contributed by atoms with Gasteiger partial charge in [0.05, 0.1) is 5.69 Å². The Labute approximate surface area is 369 Å². The average Bonchev–Trinajstić information content (AvgIpc) is 3.73. The van der Waals surface area contributed by atoms with E-state index in [-0.39, 0.29) is 31.9 Å². The second kappa shape index (κ2) is 15.4. The predicted molar refractivity (Wildman–Crippen MR) is 244 cm³/mol. The van der Waals surface area contributed by atoms with Gasteiger partial charge in [-0.25, -0.2) is 9.97 Å². The van der Waals surface area contributed by atoms with E-state index in [0.717, 1.165) is 50.5 Å². The number of aryl methyl sites for hydroxylation is 4. The number of rotatable bonds is 6. The van der Waals surface area contributed by atoms with Crippen molar-refractivity contribution >= 4 is 44.7 Å². The summed E-state index contributed by atoms with van der Waals surface area (Å²) in [5, 5.41) is 2.23. The fraction of sp³-hybridized carbons (Fsp3) is 0.226. The molecule has 0 aliphatic carbocycles. The molecule has 5 aromatic carbocycles. The van der Waals surface area contributed by atoms with Crippen LogP contribution in [0.25, 0.3) is 38.8 Å². The van der Waals surface area contributed by atoms with Gasteiger partial charge < -0.3 is 19.1 Å². The Bertz CT molecular complexity index is 2890. The fourth-order valence-corrected chi connectivity index (χ4v) is 8.61. The molecular formula is C53H50N5OPt-3. The first kappa shape index (κ1) is 41.0. The van der Waals surface area contributed by atoms with Gasteiger partial charge in [-0.1, -0.05) is 83.1 Å². The summed E-state index contributed by atoms with van der Waals surface area (Å²) < 4.78 is 8.76. The van der Waals surface area contributed by atoms with E-state index in [1.165, 1.54) is 44.5 Å². The smallest absolute Gasteiger partial charge is 0.135 e. The standard InChI is InChI=1S/C53H50N5O.Pt/c1-33-27-39(53(8,9)10)28-34(2)49(33)37-25-35(3)50(36(4)26-37)57-32-56(51-46(57)19-14-23-55-51)40-15-13-16-41(30-40)59-42-20-21-44-43-17-11-12-18-45(43)58(47(44)31-42)48-29-38(22-24-54-48)52(5,6)7;/h11-29,32H,1-10H3;/q-3;. The second-order valence-electron chi connectivity index (χ2n) is 18.0. The predicted octanol–water partition coefficient (Wildman–Crippen LogP) is 13.9. The fourth-order valence-electron chi connectivity index (χ4n) is 8.61. The molecule has 0 unspecified atom stereocenters. The zero-order valence-corrected chi connectivity index (χ0v) is 38.3. The van der Waals surface area contributed by atoms with E-state index in [0.29, 0.717) is 11.5 Å². The molecule has 0 saturated carbocycles. The van der Waals surface area contributed by atoms with E-state index in [9.17, 15) is 0 Å². The third-order valence-electron chi connectivity index (χ3n) is 11.5. The molecule has 1 aliphatic rings. The molecule has 0 N–H and O–H groups in total. The minimum absolute atomic E-state index is 0. The maximum absolute atomic E-state index is 6.57. The van der Waals surface area contributed by atoms with Gasteiger partial charge in [0, 0.05) is 56.2 Å². The van der Waals surface area contributed by atoms with E-state index in [1.807, 2.05) is 42.7 Å². The second-order valence-corrected chi connectivity index (χ2v) is 18.0. The van der Waals surface area contributed by atoms with Gasteiger partial charge in [0.1, 0.15) is 11.6 Å². The Kier molecular flexibility index (Phi) is 10.5. The Morgan fingerprint density at radius 2 is 1.30 bits per heavy atom. The van der Waals surface area contributed by atoms with Crippen LogP contribution in [0.1, 0.15) is 74.9 Å². The molecule has 0 bridgehead atoms. The summed E-state index contributed by atoms with van der Waals surface area (Å²) in [6.07, 6.45) is 3.74. The first-order chi connectivity index (χ1) is 28.2. The van der Waals surface area contributed by atoms with Crippen molar-refractivity contribution in [3.8, 4) is 28.4 Å². The summed E-state index contributed by atoms with van der Waals surface area (Å²) >= 11 is 0. The molecule has 6 nitrogen and oxygen atoms in total. The van der Waals surface area contributed by atoms with Crippen LogP contribution in [0.3, 0.4) is 0 Å². The van der Waals surface area contributed by atoms with Gasteiger partial charge in [-0.3, -0.25) is 0 Å². The van der Waals surface area contributed by atoms with Gasteiger partial charge >= 0.3 is 0 Å². The van der Waals surface area contributed by atoms with E-state index in [1.54, 1.807) is 0 Å². The van der Waals surface area contributed by atoms with Gasteiger partial charge in [-0.2, -0.15) is 12.1 Å². The first-order valence-corrected chi connectivity index (χ1v) is 20.4. The van der Waals surface area contributed by atoms with Gasteiger partial charge in [0.25, 0.3) is 0 Å². The number of pyridine rings is 2. The van der Waals surface area contributed by atoms with Crippen molar-refractivity contribution in [2.24, 2.45) is 0 Å². The van der Waals surface area contributed by atoms with Crippen LogP contribution in [0.2, 0.25) is 0 Å². The van der Waals surface area contributed by atoms with Crippen LogP contribution in [-0.4, -0.2) is 14.5 Å². The van der Waals surface area contributed by atoms with Crippen LogP contribution in [0.15, 0.2) is 116 Å². The third-order valence-corrected chi connectivity index (χ3v) is 11.5. The number of hydrogen-bond donors (Lipinski definition) is 0. The molecular weight excluding hydrogens is 918 g/mol. The van der Waals surface area contributed by atoms with Crippen molar-refractivity contribution in [3.05, 3.63) is 168 Å². The van der Waals surface area contributed by atoms with E-state index in [4.69, 9.17) is 14.7 Å². The summed E-state index contributed by atoms with van der Waals surface area (Å²) in [7, 11) is 0. The van der Waals surface area contributed by atoms with Crippen molar-refractivity contribution in [2.75, 3.05) is 9.80 Å². The van der Waals surface area contributed by atoms with Crippen molar-refractivity contribution in [3.63, 3.8) is 0 Å². The number of aromatic nitrogens is 3. The number of hydrogen-bond acceptors (Lipinski definition) is 5. The van der Waals surface area contributed by atoms with Gasteiger partial charge in [-0.05, 0) is 131 Å². The van der Waals surface area contributed by atoms with Crippen LogP contribution < -0.4 is 14.5 Å². The number of para-hydroxylation sites is 1. The van der Waals surface area contributed by atoms with Crippen molar-refractivity contribution in [1.82, 2.24) is 14.5 Å². The van der Waals surface area contributed by atoms with Crippen LogP contribution in [0.5, 0.6) is 11.5 Å². The van der Waals surface area contributed by atoms with Crippen LogP contribution >= 0.6 is 0 Å². The maximum Gasteiger partial charge on any atom is 0.135 e. The molecule has 0 radical (unpaired) electrons. The summed E-state index contributed by atoms with van der Waals surface area (Å²) in [5.74, 6) is 2.86. The average molecular weight is 968 g/mol. The molecule has 1 aliphatic heterocycles. The molecule has 0 fully saturated rings. The third kappa shape index (κ3) is 7.30. The quantitative estimate of drug-likeness (QED) is 0.155. The Morgan fingerprint density at radius 3 is 2.02 bits per heavy atom. The Morgan fingerprint density at radius 1 is 0.600 bits per heavy atom. The van der Waals surface area contributed by atoms with Gasteiger partial charge in [0.15, 0.2) is 0 Å². The van der Waals surface area contributed by atoms with Crippen molar-refractivity contribution < 1.29 is 25.8 Å². The minimum atomic E-state index is -0.0187. The molecule has 0 amide bonds. The van der Waals surface area contributed by atoms with E-state index >= 15 is 0 Å². The number of fused-ring (bicyclic) bond motifs is 4. The number of nitrogens with zero attached hydrogens (tertiary/aromatic N) is 5. The topological polar surface area (TPSA) is 46.4 Å². The van der Waals surface area contributed by atoms with E-state index in [2.05, 4.69) is 175 Å². The minimum Gasteiger partial charge on any atom is -0.509 e. The molecule has 7 heteroatoms. The number of ether oxygens (including phenoxy) is 1. The normalized spacial score (nSPS) is 12.9. The summed E-state index contributed by atoms with van der Waals surface area (Å²) in [4.78, 5) is 14.1. The maximum atomic E-state index is 6.57. The Hall–Kier alpha value is -5.71. The molecule has 0 saturated heterocycles. The summed E-state index contributed by atoms with van der Waals surface area (Å²) in [5.41, 5.74) is 15.1. The monoisotopic (exact) mass is 967 g/mol. The summed E-state index contributed by atoms with van der Waals surface area (Å²) in [6, 6.07) is 43.4. The van der Waals surface area contributed by atoms with E-state index < -0.39 is 0 Å². The molecule has 0 atom stereocenters. The molecule has 4 heterocycles. The van der Waals surface area contributed by atoms with Crippen LogP contribution in [-0.2, 0) is 31.9 Å². The summed E-state index contributed by atoms with van der Waals surface area (Å²) in [6.45, 7) is 24.5. The molecule has 8 aromatic rings. The number of benzene rings is 5. The first-order valence-electron chi connectivity index (χ1n) is 20.4. The molecule has 306 valence electrons. The van der Waals surface area contributed by atoms with Gasteiger partial charge in [0.2, 0.25) is 0 Å². The molecule has 0 spiro atoms.